The molecule has 6 nitrogen and oxygen atoms in total. The highest BCUT2D eigenvalue weighted by molar-refractivity contribution is 6.04. The summed E-state index contributed by atoms with van der Waals surface area (Å²) in [6.45, 7) is 0.926. The van der Waals surface area contributed by atoms with Crippen LogP contribution in [0.15, 0.2) is 48.5 Å². The molecule has 1 fully saturated rings. The number of benzene rings is 2. The van der Waals surface area contributed by atoms with Gasteiger partial charge in [0.05, 0.1) is 25.7 Å². The molecule has 0 radical (unpaired) electrons. The van der Waals surface area contributed by atoms with E-state index in [1.165, 1.54) is 0 Å². The summed E-state index contributed by atoms with van der Waals surface area (Å²) in [5.74, 6) is 0.462. The lowest BCUT2D eigenvalue weighted by Gasteiger charge is -2.44. The Morgan fingerprint density at radius 2 is 1.87 bits per heavy atom. The van der Waals surface area contributed by atoms with E-state index in [9.17, 15) is 9.59 Å². The molecule has 4 rings (SSSR count). The molecule has 1 aliphatic carbocycles. The molecular formula is C25H30N2O4. The van der Waals surface area contributed by atoms with Crippen molar-refractivity contribution >= 4 is 17.5 Å². The highest BCUT2D eigenvalue weighted by atomic mass is 16.5. The fourth-order valence-electron chi connectivity index (χ4n) is 5.10. The number of hydrogen-bond acceptors (Lipinski definition) is 4. The number of carbonyl (C=O) groups is 2. The first-order valence-electron chi connectivity index (χ1n) is 11.0. The van der Waals surface area contributed by atoms with Gasteiger partial charge in [-0.2, -0.15) is 0 Å². The number of nitrogens with one attached hydrogen (secondary N) is 1. The van der Waals surface area contributed by atoms with Crippen molar-refractivity contribution in [1.82, 2.24) is 4.90 Å². The summed E-state index contributed by atoms with van der Waals surface area (Å²) in [4.78, 5) is 29.0. The Morgan fingerprint density at radius 1 is 1.10 bits per heavy atom. The minimum absolute atomic E-state index is 0.00465. The zero-order chi connectivity index (χ0) is 21.8. The molecule has 2 amide bonds. The first-order chi connectivity index (χ1) is 15.1. The van der Waals surface area contributed by atoms with Crippen LogP contribution in [-0.2, 0) is 9.53 Å². The normalized spacial score (nSPS) is 21.1. The summed E-state index contributed by atoms with van der Waals surface area (Å²) in [5, 5.41) is 3.08. The van der Waals surface area contributed by atoms with E-state index in [0.717, 1.165) is 31.2 Å². The van der Waals surface area contributed by atoms with Crippen molar-refractivity contribution in [3.63, 3.8) is 0 Å². The molecule has 2 atom stereocenters. The highest BCUT2D eigenvalue weighted by Gasteiger charge is 2.47. The average Bonchev–Trinajstić information content (AvgIpc) is 3.33. The SMILES string of the molecule is COCCN1C(=O)c2ccccc2C(C(=O)Nc2cccc(OC)c2)C1C1CCCC1. The van der Waals surface area contributed by atoms with Gasteiger partial charge >= 0.3 is 0 Å². The number of amides is 2. The van der Waals surface area contributed by atoms with E-state index in [4.69, 9.17) is 9.47 Å². The van der Waals surface area contributed by atoms with Crippen LogP contribution in [-0.4, -0.2) is 50.1 Å². The van der Waals surface area contributed by atoms with Gasteiger partial charge < -0.3 is 19.7 Å². The number of nitrogens with zero attached hydrogens (tertiary/aromatic N) is 1. The van der Waals surface area contributed by atoms with Gasteiger partial charge in [0, 0.05) is 31.0 Å². The van der Waals surface area contributed by atoms with Crippen LogP contribution in [0.5, 0.6) is 5.75 Å². The molecule has 1 N–H and O–H groups in total. The van der Waals surface area contributed by atoms with Crippen LogP contribution in [0.25, 0.3) is 0 Å². The molecule has 0 spiro atoms. The van der Waals surface area contributed by atoms with Gasteiger partial charge in [-0.1, -0.05) is 37.1 Å². The molecule has 0 bridgehead atoms. The number of ether oxygens (including phenoxy) is 2. The van der Waals surface area contributed by atoms with E-state index >= 15 is 0 Å². The number of carbonyl (C=O) groups excluding carboxylic acids is 2. The number of fused-ring (bicyclic) bond motifs is 1. The van der Waals surface area contributed by atoms with Gasteiger partial charge in [-0.25, -0.2) is 0 Å². The van der Waals surface area contributed by atoms with Crippen molar-refractivity contribution in [2.45, 2.75) is 37.6 Å². The fraction of sp³-hybridized carbons (Fsp3) is 0.440. The number of rotatable bonds is 7. The number of anilines is 1. The van der Waals surface area contributed by atoms with Crippen molar-refractivity contribution < 1.29 is 19.1 Å². The Bertz CT molecular complexity index is 939. The van der Waals surface area contributed by atoms with Gasteiger partial charge in [-0.15, -0.1) is 0 Å². The lowest BCUT2D eigenvalue weighted by atomic mass is 9.76. The van der Waals surface area contributed by atoms with Gasteiger partial charge in [-0.05, 0) is 42.5 Å². The van der Waals surface area contributed by atoms with E-state index in [1.54, 1.807) is 14.2 Å². The van der Waals surface area contributed by atoms with Crippen LogP contribution in [0.4, 0.5) is 5.69 Å². The van der Waals surface area contributed by atoms with Crippen molar-refractivity contribution in [2.24, 2.45) is 5.92 Å². The topological polar surface area (TPSA) is 67.9 Å². The van der Waals surface area contributed by atoms with E-state index in [1.807, 2.05) is 53.4 Å². The first-order valence-corrected chi connectivity index (χ1v) is 11.0. The third kappa shape index (κ3) is 4.30. The summed E-state index contributed by atoms with van der Waals surface area (Å²) >= 11 is 0. The minimum Gasteiger partial charge on any atom is -0.497 e. The van der Waals surface area contributed by atoms with Gasteiger partial charge in [0.25, 0.3) is 5.91 Å². The standard InChI is InChI=1S/C25H30N2O4/c1-30-15-14-27-23(17-8-3-4-9-17)22(20-12-5-6-13-21(20)25(27)29)24(28)26-18-10-7-11-19(16-18)31-2/h5-7,10-13,16-17,22-23H,3-4,8-9,14-15H2,1-2H3,(H,26,28). The average molecular weight is 423 g/mol. The maximum atomic E-state index is 13.7. The van der Waals surface area contributed by atoms with Gasteiger partial charge in [-0.3, -0.25) is 9.59 Å². The predicted octanol–water partition coefficient (Wildman–Crippen LogP) is 4.08. The quantitative estimate of drug-likeness (QED) is 0.730. The van der Waals surface area contributed by atoms with Crippen LogP contribution < -0.4 is 10.1 Å². The first kappa shape index (κ1) is 21.4. The molecule has 1 aliphatic heterocycles. The predicted molar refractivity (Wildman–Crippen MR) is 119 cm³/mol. The second-order valence-corrected chi connectivity index (χ2v) is 8.31. The second-order valence-electron chi connectivity index (χ2n) is 8.31. The Kier molecular flexibility index (Phi) is 6.56. The van der Waals surface area contributed by atoms with E-state index in [2.05, 4.69) is 5.32 Å². The maximum absolute atomic E-state index is 13.7. The molecule has 2 aromatic rings. The molecule has 0 saturated heterocycles. The highest BCUT2D eigenvalue weighted by Crippen LogP contribution is 2.43. The Balaban J connectivity index is 1.74. The third-order valence-electron chi connectivity index (χ3n) is 6.53. The van der Waals surface area contributed by atoms with Crippen LogP contribution in [0, 0.1) is 5.92 Å². The van der Waals surface area contributed by atoms with Crippen molar-refractivity contribution in [3.05, 3.63) is 59.7 Å². The van der Waals surface area contributed by atoms with E-state index < -0.39 is 5.92 Å². The molecule has 1 heterocycles. The monoisotopic (exact) mass is 422 g/mol. The molecule has 31 heavy (non-hydrogen) atoms. The van der Waals surface area contributed by atoms with Gasteiger partial charge in [0.1, 0.15) is 5.75 Å². The van der Waals surface area contributed by atoms with Crippen molar-refractivity contribution in [3.8, 4) is 5.75 Å². The van der Waals surface area contributed by atoms with Crippen LogP contribution >= 0.6 is 0 Å². The smallest absolute Gasteiger partial charge is 0.254 e. The van der Waals surface area contributed by atoms with Crippen LogP contribution in [0.3, 0.4) is 0 Å². The molecule has 6 heteroatoms. The summed E-state index contributed by atoms with van der Waals surface area (Å²) in [6, 6.07) is 14.7. The summed E-state index contributed by atoms with van der Waals surface area (Å²) in [5.41, 5.74) is 2.12. The largest absolute Gasteiger partial charge is 0.497 e. The fourth-order valence-corrected chi connectivity index (χ4v) is 5.10. The van der Waals surface area contributed by atoms with E-state index in [-0.39, 0.29) is 17.9 Å². The second kappa shape index (κ2) is 9.52. The lowest BCUT2D eigenvalue weighted by molar-refractivity contribution is -0.119. The molecule has 2 aromatic carbocycles. The van der Waals surface area contributed by atoms with Crippen LogP contribution in [0.1, 0.15) is 47.5 Å². The zero-order valence-electron chi connectivity index (χ0n) is 18.2. The number of methoxy groups -OCH3 is 2. The van der Waals surface area contributed by atoms with Crippen LogP contribution in [0.2, 0.25) is 0 Å². The van der Waals surface area contributed by atoms with Gasteiger partial charge in [0.2, 0.25) is 5.91 Å². The molecule has 2 aliphatic rings. The van der Waals surface area contributed by atoms with E-state index in [0.29, 0.717) is 36.1 Å². The summed E-state index contributed by atoms with van der Waals surface area (Å²) < 4.78 is 10.6. The minimum atomic E-state index is -0.431. The Labute approximate surface area is 183 Å². The lowest BCUT2D eigenvalue weighted by Crippen LogP contribution is -2.55. The molecular weight excluding hydrogens is 392 g/mol. The maximum Gasteiger partial charge on any atom is 0.254 e. The number of hydrogen-bond donors (Lipinski definition) is 1. The zero-order valence-corrected chi connectivity index (χ0v) is 18.2. The van der Waals surface area contributed by atoms with Gasteiger partial charge in [0.15, 0.2) is 0 Å². The Morgan fingerprint density at radius 3 is 2.61 bits per heavy atom. The molecule has 0 aromatic heterocycles. The molecule has 164 valence electrons. The molecule has 1 saturated carbocycles. The summed E-state index contributed by atoms with van der Waals surface area (Å²) in [7, 11) is 3.24. The molecule has 2 unspecified atom stereocenters. The van der Waals surface area contributed by atoms with Crippen molar-refractivity contribution in [1.29, 1.82) is 0 Å². The summed E-state index contributed by atoms with van der Waals surface area (Å²) in [6.07, 6.45) is 4.35. The van der Waals surface area contributed by atoms with Crippen molar-refractivity contribution in [2.75, 3.05) is 32.7 Å². The Hall–Kier alpha value is -2.86. The third-order valence-corrected chi connectivity index (χ3v) is 6.53.